The van der Waals surface area contributed by atoms with E-state index in [2.05, 4.69) is 0 Å². The first-order chi connectivity index (χ1) is 11.1. The lowest BCUT2D eigenvalue weighted by atomic mass is 9.97. The Labute approximate surface area is 131 Å². The molecular formula is C8H2F12O6. The van der Waals surface area contributed by atoms with Gasteiger partial charge >= 0.3 is 48.2 Å². The summed E-state index contributed by atoms with van der Waals surface area (Å²) >= 11 is 0. The third-order valence-corrected chi connectivity index (χ3v) is 2.35. The van der Waals surface area contributed by atoms with Gasteiger partial charge in [0.15, 0.2) is 0 Å². The zero-order chi connectivity index (χ0) is 21.6. The van der Waals surface area contributed by atoms with E-state index in [0.717, 1.165) is 0 Å². The Balaban J connectivity index is 6.31. The van der Waals surface area contributed by atoms with Crippen LogP contribution in [-0.4, -0.2) is 58.4 Å². The molecule has 0 aromatic carbocycles. The quantitative estimate of drug-likeness (QED) is 0.474. The number of alkyl halides is 12. The van der Waals surface area contributed by atoms with E-state index in [1.165, 1.54) is 0 Å². The minimum Gasteiger partial charge on any atom is -0.450 e. The molecule has 0 bridgehead atoms. The maximum absolute atomic E-state index is 13.0. The van der Waals surface area contributed by atoms with Crippen molar-refractivity contribution in [1.82, 2.24) is 0 Å². The van der Waals surface area contributed by atoms with Crippen LogP contribution < -0.4 is 0 Å². The van der Waals surface area contributed by atoms with E-state index in [9.17, 15) is 62.3 Å². The molecule has 0 aliphatic heterocycles. The number of ether oxygens (including phenoxy) is 2. The molecule has 0 radical (unpaired) electrons. The number of hydrogen-bond acceptors (Lipinski definition) is 4. The van der Waals surface area contributed by atoms with Crippen molar-refractivity contribution >= 4 is 12.3 Å². The van der Waals surface area contributed by atoms with E-state index in [4.69, 9.17) is 10.2 Å². The van der Waals surface area contributed by atoms with Crippen LogP contribution in [0.5, 0.6) is 0 Å². The number of hydrogen-bond donors (Lipinski definition) is 2. The molecule has 0 unspecified atom stereocenters. The zero-order valence-corrected chi connectivity index (χ0v) is 11.1. The molecule has 0 heterocycles. The van der Waals surface area contributed by atoms with Gasteiger partial charge in [-0.05, 0) is 0 Å². The van der Waals surface area contributed by atoms with Gasteiger partial charge in [-0.1, -0.05) is 0 Å². The lowest BCUT2D eigenvalue weighted by Crippen LogP contribution is -2.71. The summed E-state index contributed by atoms with van der Waals surface area (Å²) in [5.74, 6) is -31.9. The molecule has 0 aliphatic carbocycles. The smallest absolute Gasteiger partial charge is 0.450 e. The monoisotopic (exact) mass is 422 g/mol. The summed E-state index contributed by atoms with van der Waals surface area (Å²) in [5.41, 5.74) is 0. The van der Waals surface area contributed by atoms with Crippen molar-refractivity contribution in [3.05, 3.63) is 0 Å². The molecular weight excluding hydrogens is 420 g/mol. The summed E-state index contributed by atoms with van der Waals surface area (Å²) in [6, 6.07) is 0. The lowest BCUT2D eigenvalue weighted by Gasteiger charge is -2.39. The highest BCUT2D eigenvalue weighted by molar-refractivity contribution is 5.57. The van der Waals surface area contributed by atoms with Gasteiger partial charge in [-0.25, -0.2) is 9.59 Å². The molecule has 0 saturated heterocycles. The predicted octanol–water partition coefficient (Wildman–Crippen LogP) is 4.10. The minimum atomic E-state index is -8.12. The maximum Gasteiger partial charge on any atom is 0.510 e. The Kier molecular flexibility index (Phi) is 5.60. The Morgan fingerprint density at radius 1 is 0.500 bits per heavy atom. The lowest BCUT2D eigenvalue weighted by molar-refractivity contribution is -0.467. The average molecular weight is 422 g/mol. The van der Waals surface area contributed by atoms with Crippen molar-refractivity contribution in [1.29, 1.82) is 0 Å². The molecule has 154 valence electrons. The minimum absolute atomic E-state index is 1.91. The van der Waals surface area contributed by atoms with Crippen LogP contribution in [0.1, 0.15) is 0 Å². The van der Waals surface area contributed by atoms with Crippen LogP contribution in [-0.2, 0) is 9.47 Å². The summed E-state index contributed by atoms with van der Waals surface area (Å²) in [7, 11) is 0. The fourth-order valence-corrected chi connectivity index (χ4v) is 1.11. The molecule has 0 aromatic rings. The van der Waals surface area contributed by atoms with Gasteiger partial charge in [0.25, 0.3) is 0 Å². The molecule has 0 aromatic heterocycles. The molecule has 2 N–H and O–H groups in total. The van der Waals surface area contributed by atoms with Gasteiger partial charge in [-0.2, -0.15) is 52.7 Å². The molecule has 0 rings (SSSR count). The van der Waals surface area contributed by atoms with Crippen LogP contribution in [0.2, 0.25) is 0 Å². The van der Waals surface area contributed by atoms with E-state index in [1.54, 1.807) is 0 Å². The molecule has 0 fully saturated rings. The Morgan fingerprint density at radius 2 is 0.692 bits per heavy atom. The van der Waals surface area contributed by atoms with E-state index >= 15 is 0 Å². The topological polar surface area (TPSA) is 93.1 Å². The Bertz CT molecular complexity index is 522. The zero-order valence-electron chi connectivity index (χ0n) is 11.1. The van der Waals surface area contributed by atoms with Crippen LogP contribution in [0.4, 0.5) is 62.3 Å². The fourth-order valence-electron chi connectivity index (χ4n) is 1.11. The summed E-state index contributed by atoms with van der Waals surface area (Å²) in [5, 5.41) is 15.3. The molecule has 0 spiro atoms. The van der Waals surface area contributed by atoms with Crippen molar-refractivity contribution in [2.45, 2.75) is 35.9 Å². The molecule has 0 aliphatic rings. The number of halogens is 12. The Hall–Kier alpha value is -2.30. The van der Waals surface area contributed by atoms with Crippen LogP contribution in [0.25, 0.3) is 0 Å². The van der Waals surface area contributed by atoms with Crippen LogP contribution in [0.15, 0.2) is 0 Å². The van der Waals surface area contributed by atoms with Crippen LogP contribution >= 0.6 is 0 Å². The summed E-state index contributed by atoms with van der Waals surface area (Å²) < 4.78 is 158. The molecule has 6 nitrogen and oxygen atoms in total. The number of carboxylic acid groups (broad SMARTS) is 2. The first kappa shape index (κ1) is 23.7. The Morgan fingerprint density at radius 3 is 0.846 bits per heavy atom. The van der Waals surface area contributed by atoms with Gasteiger partial charge in [0.1, 0.15) is 0 Å². The maximum atomic E-state index is 13.0. The van der Waals surface area contributed by atoms with Gasteiger partial charge in [-0.3, -0.25) is 0 Å². The second-order valence-corrected chi connectivity index (χ2v) is 4.07. The first-order valence-electron chi connectivity index (χ1n) is 5.19. The highest BCUT2D eigenvalue weighted by Gasteiger charge is 2.92. The van der Waals surface area contributed by atoms with Crippen LogP contribution in [0, 0.1) is 0 Å². The van der Waals surface area contributed by atoms with Crippen molar-refractivity contribution < 1.29 is 82.0 Å². The van der Waals surface area contributed by atoms with Gasteiger partial charge in [0.2, 0.25) is 0 Å². The van der Waals surface area contributed by atoms with Gasteiger partial charge < -0.3 is 19.7 Å². The highest BCUT2D eigenvalue weighted by atomic mass is 19.4. The fraction of sp³-hybridized carbons (Fsp3) is 0.750. The normalized spacial score (nSPS) is 14.8. The van der Waals surface area contributed by atoms with Crippen molar-refractivity contribution in [3.63, 3.8) is 0 Å². The van der Waals surface area contributed by atoms with Gasteiger partial charge in [-0.15, -0.1) is 0 Å². The third-order valence-electron chi connectivity index (χ3n) is 2.35. The van der Waals surface area contributed by atoms with Gasteiger partial charge in [0.05, 0.1) is 0 Å². The summed E-state index contributed by atoms with van der Waals surface area (Å²) in [6.45, 7) is 0. The predicted molar refractivity (Wildman–Crippen MR) is 47.9 cm³/mol. The third kappa shape index (κ3) is 3.35. The van der Waals surface area contributed by atoms with Gasteiger partial charge in [0, 0.05) is 0 Å². The van der Waals surface area contributed by atoms with Crippen molar-refractivity contribution in [3.8, 4) is 0 Å². The van der Waals surface area contributed by atoms with E-state index < -0.39 is 48.2 Å². The molecule has 0 amide bonds. The molecule has 0 saturated carbocycles. The SMILES string of the molecule is O=C(O)OC(F)(F)C(F)(F)C(F)(F)C(F)(F)C(F)(F)C(F)(F)OC(=O)O. The molecule has 0 atom stereocenters. The number of carbonyl (C=O) groups is 2. The standard InChI is InChI=1S/C8H2F12O6/c9-3(10,5(13,14)7(17,18)25-1(21)22)4(11,12)6(15,16)8(19,20)26-2(23)24/h(H,21,22)(H,23,24). The second kappa shape index (κ2) is 6.15. The highest BCUT2D eigenvalue weighted by Crippen LogP contribution is 2.60. The average Bonchev–Trinajstić information content (AvgIpc) is 2.34. The first-order valence-corrected chi connectivity index (χ1v) is 5.19. The molecule has 26 heavy (non-hydrogen) atoms. The molecule has 18 heteroatoms. The van der Waals surface area contributed by atoms with Crippen molar-refractivity contribution in [2.75, 3.05) is 0 Å². The van der Waals surface area contributed by atoms with E-state index in [-0.39, 0.29) is 0 Å². The van der Waals surface area contributed by atoms with Crippen LogP contribution in [0.3, 0.4) is 0 Å². The van der Waals surface area contributed by atoms with E-state index in [1.807, 2.05) is 9.47 Å². The second-order valence-electron chi connectivity index (χ2n) is 4.07. The van der Waals surface area contributed by atoms with Crippen molar-refractivity contribution in [2.24, 2.45) is 0 Å². The summed E-state index contributed by atoms with van der Waals surface area (Å²) in [4.78, 5) is 19.4. The van der Waals surface area contributed by atoms with E-state index in [0.29, 0.717) is 0 Å². The largest absolute Gasteiger partial charge is 0.510 e. The number of rotatable bonds is 7. The summed E-state index contributed by atoms with van der Waals surface area (Å²) in [6.07, 6.45) is -21.1.